The number of rotatable bonds is 6. The Labute approximate surface area is 172 Å². The maximum Gasteiger partial charge on any atom is 0.255 e. The Balaban J connectivity index is 1.74. The Morgan fingerprint density at radius 3 is 2.41 bits per heavy atom. The molecule has 0 saturated carbocycles. The smallest absolute Gasteiger partial charge is 0.255 e. The molecule has 0 bridgehead atoms. The van der Waals surface area contributed by atoms with Gasteiger partial charge in [-0.05, 0) is 54.7 Å². The average molecular weight is 392 g/mol. The lowest BCUT2D eigenvalue weighted by atomic mass is 9.91. The number of anilines is 1. The third kappa shape index (κ3) is 5.25. The van der Waals surface area contributed by atoms with Crippen molar-refractivity contribution in [3.05, 3.63) is 72.3 Å². The quantitative estimate of drug-likeness (QED) is 0.730. The molecular weight excluding hydrogens is 364 g/mol. The molecule has 0 radical (unpaired) electrons. The minimum atomic E-state index is -0.263. The van der Waals surface area contributed by atoms with Crippen molar-refractivity contribution in [2.75, 3.05) is 25.0 Å². The maximum absolute atomic E-state index is 13.1. The number of amides is 2. The summed E-state index contributed by atoms with van der Waals surface area (Å²) in [6, 6.07) is 14.1. The van der Waals surface area contributed by atoms with Crippen molar-refractivity contribution in [2.24, 2.45) is 11.8 Å². The number of ether oxygens (including phenoxy) is 1. The average Bonchev–Trinajstić information content (AvgIpc) is 2.71. The Bertz CT molecular complexity index is 866. The number of piperidine rings is 1. The molecule has 5 heteroatoms. The van der Waals surface area contributed by atoms with Crippen LogP contribution in [0, 0.1) is 11.8 Å². The molecule has 2 aromatic rings. The van der Waals surface area contributed by atoms with Crippen molar-refractivity contribution < 1.29 is 14.3 Å². The molecule has 2 aromatic carbocycles. The molecule has 1 saturated heterocycles. The summed E-state index contributed by atoms with van der Waals surface area (Å²) >= 11 is 0. The Kier molecular flexibility index (Phi) is 6.70. The van der Waals surface area contributed by atoms with Crippen molar-refractivity contribution in [3.8, 4) is 5.75 Å². The van der Waals surface area contributed by atoms with Gasteiger partial charge in [-0.15, -0.1) is 0 Å². The Hall–Kier alpha value is -3.08. The predicted octanol–water partition coefficient (Wildman–Crippen LogP) is 4.62. The van der Waals surface area contributed by atoms with Gasteiger partial charge in [0.05, 0.1) is 11.3 Å². The van der Waals surface area contributed by atoms with Gasteiger partial charge in [0.15, 0.2) is 0 Å². The minimum absolute atomic E-state index is 0.0347. The fourth-order valence-electron chi connectivity index (χ4n) is 3.83. The molecule has 1 N–H and O–H groups in total. The highest BCUT2D eigenvalue weighted by atomic mass is 16.5. The van der Waals surface area contributed by atoms with E-state index in [0.29, 0.717) is 41.0 Å². The second-order valence-electron chi connectivity index (χ2n) is 7.78. The van der Waals surface area contributed by atoms with E-state index >= 15 is 0 Å². The summed E-state index contributed by atoms with van der Waals surface area (Å²) in [6.07, 6.45) is 2.80. The lowest BCUT2D eigenvalue weighted by Gasteiger charge is -2.35. The second kappa shape index (κ2) is 9.41. The zero-order valence-corrected chi connectivity index (χ0v) is 17.1. The highest BCUT2D eigenvalue weighted by molar-refractivity contribution is 6.09. The number of nitrogens with one attached hydrogen (secondary N) is 1. The molecule has 0 aromatic heterocycles. The van der Waals surface area contributed by atoms with E-state index in [9.17, 15) is 9.59 Å². The van der Waals surface area contributed by atoms with Crippen LogP contribution in [0.15, 0.2) is 61.2 Å². The van der Waals surface area contributed by atoms with Crippen LogP contribution in [0.5, 0.6) is 5.75 Å². The molecule has 1 aliphatic heterocycles. The van der Waals surface area contributed by atoms with Crippen LogP contribution in [0.1, 0.15) is 41.0 Å². The van der Waals surface area contributed by atoms with Gasteiger partial charge in [0.25, 0.3) is 11.8 Å². The van der Waals surface area contributed by atoms with Crippen LogP contribution in [0.2, 0.25) is 0 Å². The van der Waals surface area contributed by atoms with Crippen molar-refractivity contribution in [1.29, 1.82) is 0 Å². The van der Waals surface area contributed by atoms with E-state index in [1.807, 2.05) is 17.0 Å². The lowest BCUT2D eigenvalue weighted by molar-refractivity contribution is 0.0624. The Morgan fingerprint density at radius 2 is 1.76 bits per heavy atom. The van der Waals surface area contributed by atoms with Gasteiger partial charge >= 0.3 is 0 Å². The van der Waals surface area contributed by atoms with Crippen molar-refractivity contribution >= 4 is 17.5 Å². The van der Waals surface area contributed by atoms with Crippen LogP contribution >= 0.6 is 0 Å². The molecule has 1 aliphatic rings. The number of likely N-dealkylation sites (tertiary alicyclic amines) is 1. The van der Waals surface area contributed by atoms with Crippen molar-refractivity contribution in [3.63, 3.8) is 0 Å². The number of hydrogen-bond acceptors (Lipinski definition) is 3. The first kappa shape index (κ1) is 20.6. The molecule has 0 aliphatic carbocycles. The van der Waals surface area contributed by atoms with E-state index in [1.54, 1.807) is 42.5 Å². The summed E-state index contributed by atoms with van der Waals surface area (Å²) in [7, 11) is 0. The summed E-state index contributed by atoms with van der Waals surface area (Å²) in [5.41, 5.74) is 1.55. The number of hydrogen-bond donors (Lipinski definition) is 1. The summed E-state index contributed by atoms with van der Waals surface area (Å²) in [5.74, 6) is 1.33. The Morgan fingerprint density at radius 1 is 1.10 bits per heavy atom. The molecule has 2 atom stereocenters. The van der Waals surface area contributed by atoms with Crippen LogP contribution in [0.3, 0.4) is 0 Å². The number of carbonyl (C=O) groups excluding carboxylic acids is 2. The molecule has 1 fully saturated rings. The molecule has 1 heterocycles. The topological polar surface area (TPSA) is 58.6 Å². The van der Waals surface area contributed by atoms with Crippen molar-refractivity contribution in [2.45, 2.75) is 20.3 Å². The molecule has 152 valence electrons. The summed E-state index contributed by atoms with van der Waals surface area (Å²) < 4.78 is 5.44. The van der Waals surface area contributed by atoms with Gasteiger partial charge in [-0.3, -0.25) is 9.59 Å². The van der Waals surface area contributed by atoms with Gasteiger partial charge in [-0.2, -0.15) is 0 Å². The first-order chi connectivity index (χ1) is 14.0. The molecule has 3 rings (SSSR count). The maximum atomic E-state index is 13.1. The highest BCUT2D eigenvalue weighted by Gasteiger charge is 2.27. The first-order valence-corrected chi connectivity index (χ1v) is 10.0. The normalized spacial score (nSPS) is 18.8. The number of nitrogens with zero attached hydrogens (tertiary/aromatic N) is 1. The molecule has 2 amide bonds. The van der Waals surface area contributed by atoms with Crippen LogP contribution in [0.4, 0.5) is 5.69 Å². The third-order valence-corrected chi connectivity index (χ3v) is 5.05. The number of benzene rings is 2. The van der Waals surface area contributed by atoms with Gasteiger partial charge in [-0.1, -0.05) is 38.6 Å². The summed E-state index contributed by atoms with van der Waals surface area (Å²) in [5, 5.41) is 2.89. The molecule has 29 heavy (non-hydrogen) atoms. The summed E-state index contributed by atoms with van der Waals surface area (Å²) in [6.45, 7) is 9.86. The zero-order chi connectivity index (χ0) is 20.8. The zero-order valence-electron chi connectivity index (χ0n) is 17.1. The number of para-hydroxylation sites is 1. The summed E-state index contributed by atoms with van der Waals surface area (Å²) in [4.78, 5) is 27.7. The van der Waals surface area contributed by atoms with Crippen LogP contribution in [-0.4, -0.2) is 36.4 Å². The fraction of sp³-hybridized carbons (Fsp3) is 0.333. The standard InChI is InChI=1S/C24H28N2O3/c1-4-13-29-20-11-9-19(10-12-20)23(27)25-22-8-6-5-7-21(22)24(28)26-15-17(2)14-18(3)16-26/h4-12,17-18H,1,13-16H2,2-3H3,(H,25,27). The SMILES string of the molecule is C=CCOc1ccc(C(=O)Nc2ccccc2C(=O)N2CC(C)CC(C)C2)cc1. The van der Waals surface area contributed by atoms with Crippen LogP contribution < -0.4 is 10.1 Å². The van der Waals surface area contributed by atoms with E-state index in [2.05, 4.69) is 25.7 Å². The van der Waals surface area contributed by atoms with Gasteiger partial charge < -0.3 is 15.0 Å². The van der Waals surface area contributed by atoms with Gasteiger partial charge in [0.1, 0.15) is 12.4 Å². The van der Waals surface area contributed by atoms with Crippen molar-refractivity contribution in [1.82, 2.24) is 4.90 Å². The molecule has 2 unspecified atom stereocenters. The van der Waals surface area contributed by atoms with E-state index < -0.39 is 0 Å². The monoisotopic (exact) mass is 392 g/mol. The van der Waals surface area contributed by atoms with E-state index in [0.717, 1.165) is 19.5 Å². The first-order valence-electron chi connectivity index (χ1n) is 10.0. The largest absolute Gasteiger partial charge is 0.490 e. The van der Waals surface area contributed by atoms with Crippen LogP contribution in [-0.2, 0) is 0 Å². The molecule has 5 nitrogen and oxygen atoms in total. The van der Waals surface area contributed by atoms with E-state index in [-0.39, 0.29) is 11.8 Å². The van der Waals surface area contributed by atoms with Gasteiger partial charge in [0, 0.05) is 18.7 Å². The molecular formula is C24H28N2O3. The third-order valence-electron chi connectivity index (χ3n) is 5.05. The molecule has 0 spiro atoms. The van der Waals surface area contributed by atoms with Gasteiger partial charge in [-0.25, -0.2) is 0 Å². The predicted molar refractivity (Wildman–Crippen MR) is 115 cm³/mol. The number of carbonyl (C=O) groups is 2. The van der Waals surface area contributed by atoms with E-state index in [4.69, 9.17) is 4.74 Å². The van der Waals surface area contributed by atoms with Gasteiger partial charge in [0.2, 0.25) is 0 Å². The highest BCUT2D eigenvalue weighted by Crippen LogP contribution is 2.25. The van der Waals surface area contributed by atoms with E-state index in [1.165, 1.54) is 0 Å². The minimum Gasteiger partial charge on any atom is -0.490 e. The second-order valence-corrected chi connectivity index (χ2v) is 7.78. The van der Waals surface area contributed by atoms with Crippen LogP contribution in [0.25, 0.3) is 0 Å². The fourth-order valence-corrected chi connectivity index (χ4v) is 3.83. The lowest BCUT2D eigenvalue weighted by Crippen LogP contribution is -2.42.